The van der Waals surface area contributed by atoms with Gasteiger partial charge in [-0.1, -0.05) is 18.9 Å². The molecule has 2 heterocycles. The second-order valence-electron chi connectivity index (χ2n) is 5.98. The van der Waals surface area contributed by atoms with Gasteiger partial charge in [0, 0.05) is 25.8 Å². The van der Waals surface area contributed by atoms with E-state index >= 15 is 0 Å². The molecule has 3 nitrogen and oxygen atoms in total. The Bertz CT molecular complexity index is 410. The molecule has 3 heteroatoms. The fourth-order valence-electron chi connectivity index (χ4n) is 3.74. The van der Waals surface area contributed by atoms with E-state index in [2.05, 4.69) is 16.0 Å². The van der Waals surface area contributed by atoms with E-state index in [1.54, 1.807) is 0 Å². The molecule has 0 aromatic carbocycles. The van der Waals surface area contributed by atoms with Gasteiger partial charge in [0.15, 0.2) is 0 Å². The zero-order valence-corrected chi connectivity index (χ0v) is 11.1. The molecule has 1 aromatic rings. The van der Waals surface area contributed by atoms with Gasteiger partial charge in [0.05, 0.1) is 5.69 Å². The summed E-state index contributed by atoms with van der Waals surface area (Å²) in [6.07, 6.45) is 9.00. The van der Waals surface area contributed by atoms with Crippen molar-refractivity contribution in [2.75, 3.05) is 13.1 Å². The summed E-state index contributed by atoms with van der Waals surface area (Å²) in [5.74, 6) is 0. The molecule has 0 bridgehead atoms. The maximum absolute atomic E-state index is 5.76. The molecule has 2 N–H and O–H groups in total. The fourth-order valence-corrected chi connectivity index (χ4v) is 3.74. The highest BCUT2D eigenvalue weighted by atomic mass is 15.2. The van der Waals surface area contributed by atoms with Gasteiger partial charge in [-0.2, -0.15) is 0 Å². The van der Waals surface area contributed by atoms with E-state index in [1.807, 2.05) is 12.3 Å². The quantitative estimate of drug-likeness (QED) is 0.888. The highest BCUT2D eigenvalue weighted by molar-refractivity contribution is 5.19. The van der Waals surface area contributed by atoms with E-state index in [1.165, 1.54) is 50.8 Å². The van der Waals surface area contributed by atoms with E-state index in [0.717, 1.165) is 12.2 Å². The molecule has 1 aliphatic heterocycles. The normalized spacial score (nSPS) is 22.9. The molecule has 3 rings (SSSR count). The number of nitrogens with zero attached hydrogens (tertiary/aromatic N) is 2. The molecule has 0 unspecified atom stereocenters. The summed E-state index contributed by atoms with van der Waals surface area (Å²) in [6, 6.07) is 4.20. The molecular weight excluding hydrogens is 222 g/mol. The molecule has 1 aliphatic carbocycles. The van der Waals surface area contributed by atoms with Crippen LogP contribution in [0.5, 0.6) is 0 Å². The second-order valence-corrected chi connectivity index (χ2v) is 5.98. The van der Waals surface area contributed by atoms with Crippen LogP contribution in [0, 0.1) is 5.41 Å². The van der Waals surface area contributed by atoms with Crippen molar-refractivity contribution in [2.45, 2.75) is 45.2 Å². The fraction of sp³-hybridized carbons (Fsp3) is 0.667. The Kier molecular flexibility index (Phi) is 3.35. The van der Waals surface area contributed by atoms with Gasteiger partial charge in [-0.05, 0) is 42.9 Å². The highest BCUT2D eigenvalue weighted by Crippen LogP contribution is 2.45. The molecular formula is C15H23N3. The van der Waals surface area contributed by atoms with Crippen molar-refractivity contribution in [1.29, 1.82) is 0 Å². The molecule has 1 saturated heterocycles. The van der Waals surface area contributed by atoms with E-state index in [0.29, 0.717) is 12.0 Å². The Morgan fingerprint density at radius 2 is 2.11 bits per heavy atom. The third-order valence-electron chi connectivity index (χ3n) is 4.75. The van der Waals surface area contributed by atoms with Gasteiger partial charge in [0.25, 0.3) is 0 Å². The first-order chi connectivity index (χ1) is 8.81. The minimum absolute atomic E-state index is 0.551. The third kappa shape index (κ3) is 2.29. The zero-order valence-electron chi connectivity index (χ0n) is 11.1. The summed E-state index contributed by atoms with van der Waals surface area (Å²) in [5.41, 5.74) is 8.79. The smallest absolute Gasteiger partial charge is 0.0584 e. The van der Waals surface area contributed by atoms with Crippen LogP contribution in [0.3, 0.4) is 0 Å². The molecule has 0 amide bonds. The molecule has 18 heavy (non-hydrogen) atoms. The standard InChI is InChI=1S/C15H23N3/c16-10-14-13(4-3-8-17-14)11-18-9-7-15(12-18)5-1-2-6-15/h3-4,8H,1-2,5-7,9-12,16H2. The molecule has 2 aliphatic rings. The molecule has 98 valence electrons. The first kappa shape index (κ1) is 12.1. The summed E-state index contributed by atoms with van der Waals surface area (Å²) in [5, 5.41) is 0. The maximum atomic E-state index is 5.76. The molecule has 1 spiro atoms. The topological polar surface area (TPSA) is 42.1 Å². The van der Waals surface area contributed by atoms with Crippen molar-refractivity contribution < 1.29 is 0 Å². The van der Waals surface area contributed by atoms with Crippen molar-refractivity contribution >= 4 is 0 Å². The number of rotatable bonds is 3. The first-order valence-corrected chi connectivity index (χ1v) is 7.17. The number of hydrogen-bond donors (Lipinski definition) is 1. The van der Waals surface area contributed by atoms with Gasteiger partial charge in [-0.15, -0.1) is 0 Å². The van der Waals surface area contributed by atoms with Gasteiger partial charge in [-0.3, -0.25) is 9.88 Å². The van der Waals surface area contributed by atoms with Crippen LogP contribution in [0.15, 0.2) is 18.3 Å². The minimum atomic E-state index is 0.551. The summed E-state index contributed by atoms with van der Waals surface area (Å²) in [6.45, 7) is 4.11. The number of likely N-dealkylation sites (tertiary alicyclic amines) is 1. The minimum Gasteiger partial charge on any atom is -0.325 e. The predicted octanol–water partition coefficient (Wildman–Crippen LogP) is 2.31. The molecule has 0 radical (unpaired) electrons. The Morgan fingerprint density at radius 1 is 1.28 bits per heavy atom. The van der Waals surface area contributed by atoms with Crippen molar-refractivity contribution in [3.8, 4) is 0 Å². The molecule has 0 atom stereocenters. The Labute approximate surface area is 109 Å². The lowest BCUT2D eigenvalue weighted by molar-refractivity contribution is 0.255. The van der Waals surface area contributed by atoms with Crippen LogP contribution in [0.1, 0.15) is 43.4 Å². The summed E-state index contributed by atoms with van der Waals surface area (Å²) in [4.78, 5) is 6.98. The lowest BCUT2D eigenvalue weighted by Crippen LogP contribution is -2.25. The lowest BCUT2D eigenvalue weighted by Gasteiger charge is -2.24. The predicted molar refractivity (Wildman–Crippen MR) is 72.9 cm³/mol. The largest absolute Gasteiger partial charge is 0.325 e. The van der Waals surface area contributed by atoms with Crippen molar-refractivity contribution in [1.82, 2.24) is 9.88 Å². The number of aromatic nitrogens is 1. The number of hydrogen-bond acceptors (Lipinski definition) is 3. The average molecular weight is 245 g/mol. The van der Waals surface area contributed by atoms with Gasteiger partial charge in [0.1, 0.15) is 0 Å². The highest BCUT2D eigenvalue weighted by Gasteiger charge is 2.39. The van der Waals surface area contributed by atoms with Crippen molar-refractivity contribution in [3.63, 3.8) is 0 Å². The summed E-state index contributed by atoms with van der Waals surface area (Å²) < 4.78 is 0. The number of nitrogens with two attached hydrogens (primary N) is 1. The van der Waals surface area contributed by atoms with Crippen LogP contribution in [0.4, 0.5) is 0 Å². The van der Waals surface area contributed by atoms with Crippen LogP contribution in [0.2, 0.25) is 0 Å². The zero-order chi connectivity index (χ0) is 12.4. The molecule has 1 aromatic heterocycles. The van der Waals surface area contributed by atoms with Gasteiger partial charge in [0.2, 0.25) is 0 Å². The number of pyridine rings is 1. The van der Waals surface area contributed by atoms with Gasteiger partial charge >= 0.3 is 0 Å². The third-order valence-corrected chi connectivity index (χ3v) is 4.75. The Morgan fingerprint density at radius 3 is 2.89 bits per heavy atom. The van der Waals surface area contributed by atoms with Gasteiger partial charge < -0.3 is 5.73 Å². The maximum Gasteiger partial charge on any atom is 0.0584 e. The van der Waals surface area contributed by atoms with E-state index in [4.69, 9.17) is 5.73 Å². The van der Waals surface area contributed by atoms with Crippen LogP contribution < -0.4 is 5.73 Å². The van der Waals surface area contributed by atoms with E-state index in [-0.39, 0.29) is 0 Å². The van der Waals surface area contributed by atoms with Crippen LogP contribution in [-0.4, -0.2) is 23.0 Å². The second kappa shape index (κ2) is 4.98. The van der Waals surface area contributed by atoms with E-state index < -0.39 is 0 Å². The average Bonchev–Trinajstić information content (AvgIpc) is 3.01. The first-order valence-electron chi connectivity index (χ1n) is 7.17. The molecule has 2 fully saturated rings. The monoisotopic (exact) mass is 245 g/mol. The molecule has 1 saturated carbocycles. The van der Waals surface area contributed by atoms with Crippen LogP contribution in [0.25, 0.3) is 0 Å². The van der Waals surface area contributed by atoms with Gasteiger partial charge in [-0.25, -0.2) is 0 Å². The van der Waals surface area contributed by atoms with Crippen LogP contribution in [-0.2, 0) is 13.1 Å². The van der Waals surface area contributed by atoms with E-state index in [9.17, 15) is 0 Å². The van der Waals surface area contributed by atoms with Crippen molar-refractivity contribution in [2.24, 2.45) is 11.1 Å². The summed E-state index contributed by atoms with van der Waals surface area (Å²) in [7, 11) is 0. The lowest BCUT2D eigenvalue weighted by atomic mass is 9.86. The van der Waals surface area contributed by atoms with Crippen molar-refractivity contribution in [3.05, 3.63) is 29.6 Å². The SMILES string of the molecule is NCc1ncccc1CN1CCC2(CCCC2)C1. The summed E-state index contributed by atoms with van der Waals surface area (Å²) >= 11 is 0. The van der Waals surface area contributed by atoms with Crippen LogP contribution >= 0.6 is 0 Å². The Balaban J connectivity index is 1.67. The Hall–Kier alpha value is -0.930.